The Morgan fingerprint density at radius 1 is 0.821 bits per heavy atom. The molecule has 0 saturated heterocycles. The fraction of sp³-hybridized carbons (Fsp3) is 0.167. The highest BCUT2D eigenvalue weighted by molar-refractivity contribution is 5.81. The third-order valence-electron chi connectivity index (χ3n) is 4.40. The van der Waals surface area contributed by atoms with Gasteiger partial charge in [0.05, 0.1) is 12.5 Å². The van der Waals surface area contributed by atoms with Crippen molar-refractivity contribution in [1.82, 2.24) is 5.32 Å². The summed E-state index contributed by atoms with van der Waals surface area (Å²) >= 11 is 0. The first-order chi connectivity index (χ1) is 13.6. The van der Waals surface area contributed by atoms with Crippen LogP contribution in [-0.4, -0.2) is 18.5 Å². The van der Waals surface area contributed by atoms with Crippen molar-refractivity contribution in [1.29, 1.82) is 0 Å². The van der Waals surface area contributed by atoms with Crippen molar-refractivity contribution < 1.29 is 14.3 Å². The number of rotatable bonds is 7. The van der Waals surface area contributed by atoms with Crippen molar-refractivity contribution in [2.24, 2.45) is 0 Å². The summed E-state index contributed by atoms with van der Waals surface area (Å²) < 4.78 is 5.16. The Labute approximate surface area is 165 Å². The van der Waals surface area contributed by atoms with Gasteiger partial charge in [0.15, 0.2) is 6.61 Å². The predicted octanol–water partition coefficient (Wildman–Crippen LogP) is 3.99. The highest BCUT2D eigenvalue weighted by Gasteiger charge is 2.17. The number of carbonyl (C=O) groups excluding carboxylic acids is 2. The number of amides is 1. The molecular weight excluding hydrogens is 350 g/mol. The molecule has 4 heteroatoms. The van der Waals surface area contributed by atoms with Gasteiger partial charge in [-0.05, 0) is 23.6 Å². The van der Waals surface area contributed by atoms with Crippen molar-refractivity contribution in [2.45, 2.75) is 19.4 Å². The summed E-state index contributed by atoms with van der Waals surface area (Å²) in [5.74, 6) is -0.759. The molecule has 0 aromatic heterocycles. The predicted molar refractivity (Wildman–Crippen MR) is 109 cm³/mol. The first-order valence-corrected chi connectivity index (χ1v) is 9.22. The van der Waals surface area contributed by atoms with Crippen molar-refractivity contribution in [2.75, 3.05) is 6.61 Å². The van der Waals surface area contributed by atoms with Crippen LogP contribution in [0.3, 0.4) is 0 Å². The molecule has 4 nitrogen and oxygen atoms in total. The molecule has 3 rings (SSSR count). The smallest absolute Gasteiger partial charge is 0.310 e. The molecule has 1 N–H and O–H groups in total. The molecule has 0 saturated carbocycles. The van der Waals surface area contributed by atoms with E-state index in [4.69, 9.17) is 4.74 Å². The minimum Gasteiger partial charge on any atom is -0.455 e. The lowest BCUT2D eigenvalue weighted by molar-refractivity contribution is -0.148. The Kier molecular flexibility index (Phi) is 6.58. The van der Waals surface area contributed by atoms with E-state index in [-0.39, 0.29) is 25.0 Å². The summed E-state index contributed by atoms with van der Waals surface area (Å²) in [6.07, 6.45) is 0.147. The van der Waals surface area contributed by atoms with Crippen LogP contribution in [0.15, 0.2) is 84.9 Å². The van der Waals surface area contributed by atoms with Crippen LogP contribution in [-0.2, 0) is 20.7 Å². The number of benzene rings is 3. The van der Waals surface area contributed by atoms with Gasteiger partial charge in [-0.15, -0.1) is 0 Å². The Balaban J connectivity index is 1.59. The van der Waals surface area contributed by atoms with Gasteiger partial charge in [0.2, 0.25) is 0 Å². The number of carbonyl (C=O) groups is 2. The van der Waals surface area contributed by atoms with E-state index in [1.807, 2.05) is 91.9 Å². The Morgan fingerprint density at radius 2 is 1.36 bits per heavy atom. The van der Waals surface area contributed by atoms with Gasteiger partial charge in [0.25, 0.3) is 5.91 Å². The molecule has 0 heterocycles. The first-order valence-electron chi connectivity index (χ1n) is 9.22. The van der Waals surface area contributed by atoms with E-state index in [1.54, 1.807) is 0 Å². The molecule has 0 fully saturated rings. The van der Waals surface area contributed by atoms with Crippen molar-refractivity contribution in [3.8, 4) is 0 Å². The van der Waals surface area contributed by atoms with Gasteiger partial charge in [0.1, 0.15) is 0 Å². The number of hydrogen-bond acceptors (Lipinski definition) is 3. The largest absolute Gasteiger partial charge is 0.455 e. The summed E-state index contributed by atoms with van der Waals surface area (Å²) in [6, 6.07) is 26.8. The van der Waals surface area contributed by atoms with Gasteiger partial charge in [-0.1, -0.05) is 90.5 Å². The molecule has 28 heavy (non-hydrogen) atoms. The van der Waals surface area contributed by atoms with Crippen LogP contribution < -0.4 is 5.32 Å². The van der Waals surface area contributed by atoms with Crippen LogP contribution in [0, 0.1) is 6.92 Å². The normalized spacial score (nSPS) is 10.5. The van der Waals surface area contributed by atoms with Gasteiger partial charge in [-0.2, -0.15) is 0 Å². The molecule has 0 radical (unpaired) electrons. The van der Waals surface area contributed by atoms with E-state index >= 15 is 0 Å². The molecule has 0 unspecified atom stereocenters. The minimum absolute atomic E-state index is 0.147. The SMILES string of the molecule is Cc1ccc(CC(=O)OCC(=O)NC(c2ccccc2)c2ccccc2)cc1. The molecule has 1 amide bonds. The maximum Gasteiger partial charge on any atom is 0.310 e. The number of nitrogens with one attached hydrogen (secondary N) is 1. The second-order valence-corrected chi connectivity index (χ2v) is 6.64. The van der Waals surface area contributed by atoms with Gasteiger partial charge in [-0.25, -0.2) is 0 Å². The third kappa shape index (κ3) is 5.55. The Hall–Kier alpha value is -3.40. The zero-order valence-corrected chi connectivity index (χ0v) is 15.8. The molecule has 0 atom stereocenters. The quantitative estimate of drug-likeness (QED) is 0.637. The number of ether oxygens (including phenoxy) is 1. The average Bonchev–Trinajstić information content (AvgIpc) is 2.73. The summed E-state index contributed by atoms with van der Waals surface area (Å²) in [4.78, 5) is 24.4. The Morgan fingerprint density at radius 3 is 1.89 bits per heavy atom. The molecule has 3 aromatic rings. The van der Waals surface area contributed by atoms with Crippen molar-refractivity contribution >= 4 is 11.9 Å². The van der Waals surface area contributed by atoms with Crippen LogP contribution in [0.2, 0.25) is 0 Å². The van der Waals surface area contributed by atoms with E-state index in [1.165, 1.54) is 0 Å². The molecule has 0 aliphatic carbocycles. The van der Waals surface area contributed by atoms with E-state index in [0.29, 0.717) is 0 Å². The molecule has 0 aliphatic rings. The summed E-state index contributed by atoms with van der Waals surface area (Å²) in [5.41, 5.74) is 3.92. The van der Waals surface area contributed by atoms with Crippen LogP contribution >= 0.6 is 0 Å². The summed E-state index contributed by atoms with van der Waals surface area (Å²) in [6.45, 7) is 1.68. The molecular formula is C24H23NO3. The minimum atomic E-state index is -0.421. The average molecular weight is 373 g/mol. The molecule has 0 bridgehead atoms. The topological polar surface area (TPSA) is 55.4 Å². The highest BCUT2D eigenvalue weighted by Crippen LogP contribution is 2.21. The fourth-order valence-corrected chi connectivity index (χ4v) is 2.92. The molecule has 0 spiro atoms. The molecule has 3 aromatic carbocycles. The van der Waals surface area contributed by atoms with Gasteiger partial charge in [0, 0.05) is 0 Å². The summed E-state index contributed by atoms with van der Waals surface area (Å²) in [7, 11) is 0. The first kappa shape index (κ1) is 19.4. The second kappa shape index (κ2) is 9.51. The van der Waals surface area contributed by atoms with E-state index in [9.17, 15) is 9.59 Å². The second-order valence-electron chi connectivity index (χ2n) is 6.64. The lowest BCUT2D eigenvalue weighted by Gasteiger charge is -2.20. The zero-order chi connectivity index (χ0) is 19.8. The van der Waals surface area contributed by atoms with Crippen molar-refractivity contribution in [3.63, 3.8) is 0 Å². The maximum absolute atomic E-state index is 12.4. The monoisotopic (exact) mass is 373 g/mol. The summed E-state index contributed by atoms with van der Waals surface area (Å²) in [5, 5.41) is 2.96. The maximum atomic E-state index is 12.4. The standard InChI is InChI=1S/C24H23NO3/c1-18-12-14-19(15-13-18)16-23(27)28-17-22(26)25-24(20-8-4-2-5-9-20)21-10-6-3-7-11-21/h2-15,24H,16-17H2,1H3,(H,25,26). The van der Waals surface area contributed by atoms with Crippen LogP contribution in [0.5, 0.6) is 0 Å². The highest BCUT2D eigenvalue weighted by atomic mass is 16.5. The zero-order valence-electron chi connectivity index (χ0n) is 15.8. The lowest BCUT2D eigenvalue weighted by atomic mass is 9.99. The Bertz CT molecular complexity index is 866. The van der Waals surface area contributed by atoms with E-state index in [2.05, 4.69) is 5.32 Å². The van der Waals surface area contributed by atoms with Gasteiger partial charge in [-0.3, -0.25) is 9.59 Å². The number of aryl methyl sites for hydroxylation is 1. The number of esters is 1. The van der Waals surface area contributed by atoms with Crippen LogP contribution in [0.25, 0.3) is 0 Å². The van der Waals surface area contributed by atoms with Crippen molar-refractivity contribution in [3.05, 3.63) is 107 Å². The van der Waals surface area contributed by atoms with Gasteiger partial charge >= 0.3 is 5.97 Å². The fourth-order valence-electron chi connectivity index (χ4n) is 2.92. The van der Waals surface area contributed by atoms with Crippen LogP contribution in [0.4, 0.5) is 0 Å². The van der Waals surface area contributed by atoms with E-state index in [0.717, 1.165) is 22.3 Å². The van der Waals surface area contributed by atoms with Crippen LogP contribution in [0.1, 0.15) is 28.3 Å². The van der Waals surface area contributed by atoms with E-state index < -0.39 is 5.97 Å². The molecule has 0 aliphatic heterocycles. The molecule has 142 valence electrons. The van der Waals surface area contributed by atoms with Gasteiger partial charge < -0.3 is 10.1 Å². The number of hydrogen-bond donors (Lipinski definition) is 1. The lowest BCUT2D eigenvalue weighted by Crippen LogP contribution is -2.33. The third-order valence-corrected chi connectivity index (χ3v) is 4.40.